The predicted molar refractivity (Wildman–Crippen MR) is 72.4 cm³/mol. The van der Waals surface area contributed by atoms with Gasteiger partial charge < -0.3 is 5.32 Å². The first-order valence-electron chi connectivity index (χ1n) is 6.22. The van der Waals surface area contributed by atoms with Crippen molar-refractivity contribution in [1.29, 1.82) is 0 Å². The van der Waals surface area contributed by atoms with Gasteiger partial charge in [-0.15, -0.1) is 12.4 Å². The van der Waals surface area contributed by atoms with E-state index in [4.69, 9.17) is 0 Å². The summed E-state index contributed by atoms with van der Waals surface area (Å²) in [4.78, 5) is 2.60. The lowest BCUT2D eigenvalue weighted by atomic mass is 10.3. The van der Waals surface area contributed by atoms with Gasteiger partial charge in [0.2, 0.25) is 0 Å². The summed E-state index contributed by atoms with van der Waals surface area (Å²) in [5.41, 5.74) is 1.16. The molecule has 1 aromatic rings. The summed E-state index contributed by atoms with van der Waals surface area (Å²) in [6.07, 6.45) is 4.57. The molecule has 0 radical (unpaired) electrons. The molecule has 5 heteroatoms. The molecule has 0 aromatic carbocycles. The van der Waals surface area contributed by atoms with Crippen LogP contribution in [0.2, 0.25) is 0 Å². The third kappa shape index (κ3) is 4.66. The van der Waals surface area contributed by atoms with Crippen molar-refractivity contribution in [2.45, 2.75) is 45.3 Å². The summed E-state index contributed by atoms with van der Waals surface area (Å²) >= 11 is 0. The quantitative estimate of drug-likeness (QED) is 0.733. The van der Waals surface area contributed by atoms with Crippen LogP contribution in [0.15, 0.2) is 12.3 Å². The van der Waals surface area contributed by atoms with Gasteiger partial charge in [-0.2, -0.15) is 5.10 Å². The lowest BCUT2D eigenvalue weighted by Gasteiger charge is -2.26. The molecule has 0 aliphatic heterocycles. The molecule has 0 unspecified atom stereocenters. The number of nitrogens with zero attached hydrogens (tertiary/aromatic N) is 2. The molecular weight excluding hydrogens is 236 g/mol. The number of hydrogen-bond acceptors (Lipinski definition) is 3. The third-order valence-corrected chi connectivity index (χ3v) is 3.10. The second-order valence-corrected chi connectivity index (χ2v) is 4.82. The van der Waals surface area contributed by atoms with Crippen molar-refractivity contribution >= 4 is 12.4 Å². The summed E-state index contributed by atoms with van der Waals surface area (Å²) in [5.74, 6) is 0. The van der Waals surface area contributed by atoms with E-state index in [2.05, 4.69) is 34.3 Å². The zero-order chi connectivity index (χ0) is 11.4. The van der Waals surface area contributed by atoms with Gasteiger partial charge in [-0.25, -0.2) is 0 Å². The number of halogens is 1. The van der Waals surface area contributed by atoms with Gasteiger partial charge in [-0.05, 0) is 32.8 Å². The fraction of sp³-hybridized carbons (Fsp3) is 0.750. The van der Waals surface area contributed by atoms with Crippen LogP contribution in [0.1, 0.15) is 32.4 Å². The highest BCUT2D eigenvalue weighted by molar-refractivity contribution is 5.85. The zero-order valence-corrected chi connectivity index (χ0v) is 11.5. The maximum Gasteiger partial charge on any atom is 0.0490 e. The Hall–Kier alpha value is -0.580. The van der Waals surface area contributed by atoms with Crippen molar-refractivity contribution in [3.05, 3.63) is 18.0 Å². The van der Waals surface area contributed by atoms with Gasteiger partial charge in [-0.3, -0.25) is 10.00 Å². The molecule has 2 N–H and O–H groups in total. The average molecular weight is 259 g/mol. The molecule has 98 valence electrons. The van der Waals surface area contributed by atoms with Crippen LogP contribution in [0.3, 0.4) is 0 Å². The summed E-state index contributed by atoms with van der Waals surface area (Å²) < 4.78 is 0. The molecule has 1 aromatic heterocycles. The molecule has 1 fully saturated rings. The number of aromatic nitrogens is 2. The van der Waals surface area contributed by atoms with Gasteiger partial charge in [0.05, 0.1) is 0 Å². The minimum Gasteiger partial charge on any atom is -0.310 e. The minimum absolute atomic E-state index is 0. The van der Waals surface area contributed by atoms with E-state index in [1.807, 2.05) is 6.07 Å². The van der Waals surface area contributed by atoms with Crippen molar-refractivity contribution < 1.29 is 0 Å². The van der Waals surface area contributed by atoms with E-state index in [1.165, 1.54) is 12.8 Å². The third-order valence-electron chi connectivity index (χ3n) is 3.10. The maximum absolute atomic E-state index is 3.93. The van der Waals surface area contributed by atoms with Crippen LogP contribution in [-0.4, -0.2) is 40.3 Å². The van der Waals surface area contributed by atoms with Crippen LogP contribution >= 0.6 is 12.4 Å². The smallest absolute Gasteiger partial charge is 0.0490 e. The molecule has 1 heterocycles. The summed E-state index contributed by atoms with van der Waals surface area (Å²) in [7, 11) is 0. The topological polar surface area (TPSA) is 44.0 Å². The molecule has 0 saturated heterocycles. The first kappa shape index (κ1) is 14.5. The molecule has 0 bridgehead atoms. The Bertz CT molecular complexity index is 293. The molecular formula is C12H23ClN4. The van der Waals surface area contributed by atoms with Gasteiger partial charge in [0.1, 0.15) is 0 Å². The summed E-state index contributed by atoms with van der Waals surface area (Å²) in [6.45, 7) is 7.65. The molecule has 1 aliphatic carbocycles. The van der Waals surface area contributed by atoms with Crippen LogP contribution in [-0.2, 0) is 6.54 Å². The molecule has 1 saturated carbocycles. The normalized spacial score (nSPS) is 15.3. The first-order chi connectivity index (χ1) is 7.77. The number of nitrogens with one attached hydrogen (secondary N) is 2. The van der Waals surface area contributed by atoms with E-state index >= 15 is 0 Å². The molecule has 2 rings (SSSR count). The van der Waals surface area contributed by atoms with Crippen LogP contribution < -0.4 is 5.32 Å². The average Bonchev–Trinajstić information content (AvgIpc) is 2.94. The highest BCUT2D eigenvalue weighted by atomic mass is 35.5. The van der Waals surface area contributed by atoms with Gasteiger partial charge in [0, 0.05) is 43.6 Å². The highest BCUT2D eigenvalue weighted by Gasteiger charge is 2.29. The fourth-order valence-electron chi connectivity index (χ4n) is 2.08. The fourth-order valence-corrected chi connectivity index (χ4v) is 2.08. The number of hydrogen-bond donors (Lipinski definition) is 2. The molecule has 1 aliphatic rings. The van der Waals surface area contributed by atoms with Crippen LogP contribution in [0.4, 0.5) is 0 Å². The Morgan fingerprint density at radius 2 is 2.29 bits per heavy atom. The Morgan fingerprint density at radius 3 is 2.82 bits per heavy atom. The molecule has 4 nitrogen and oxygen atoms in total. The Balaban J connectivity index is 0.00000144. The molecule has 0 amide bonds. The van der Waals surface area contributed by atoms with Crippen molar-refractivity contribution in [3.8, 4) is 0 Å². The Morgan fingerprint density at radius 1 is 1.53 bits per heavy atom. The van der Waals surface area contributed by atoms with Gasteiger partial charge >= 0.3 is 0 Å². The first-order valence-corrected chi connectivity index (χ1v) is 6.22. The van der Waals surface area contributed by atoms with Gasteiger partial charge in [0.25, 0.3) is 0 Å². The summed E-state index contributed by atoms with van der Waals surface area (Å²) in [5, 5.41) is 10.3. The van der Waals surface area contributed by atoms with E-state index in [1.54, 1.807) is 6.20 Å². The number of aromatic amines is 1. The van der Waals surface area contributed by atoms with Gasteiger partial charge in [-0.1, -0.05) is 0 Å². The predicted octanol–water partition coefficient (Wildman–Crippen LogP) is 1.79. The van der Waals surface area contributed by atoms with Crippen LogP contribution in [0.25, 0.3) is 0 Å². The lowest BCUT2D eigenvalue weighted by Crippen LogP contribution is -2.38. The second kappa shape index (κ2) is 6.99. The lowest BCUT2D eigenvalue weighted by molar-refractivity contribution is 0.211. The van der Waals surface area contributed by atoms with E-state index in [9.17, 15) is 0 Å². The van der Waals surface area contributed by atoms with E-state index in [0.717, 1.165) is 31.4 Å². The largest absolute Gasteiger partial charge is 0.310 e. The van der Waals surface area contributed by atoms with Crippen molar-refractivity contribution in [2.24, 2.45) is 0 Å². The number of H-pyrrole nitrogens is 1. The van der Waals surface area contributed by atoms with Crippen molar-refractivity contribution in [3.63, 3.8) is 0 Å². The van der Waals surface area contributed by atoms with Crippen LogP contribution in [0, 0.1) is 0 Å². The Kier molecular flexibility index (Phi) is 5.95. The van der Waals surface area contributed by atoms with Crippen LogP contribution in [0.5, 0.6) is 0 Å². The molecule has 0 spiro atoms. The SMILES string of the molecule is CC(C)N(CCNCc1ccn[nH]1)C1CC1.Cl. The van der Waals surface area contributed by atoms with Crippen molar-refractivity contribution in [1.82, 2.24) is 20.4 Å². The van der Waals surface area contributed by atoms with E-state index in [0.29, 0.717) is 6.04 Å². The standard InChI is InChI=1S/C12H22N4.ClH/c1-10(2)16(12-3-4-12)8-7-13-9-11-5-6-14-15-11;/h5-6,10,12-13H,3-4,7-9H2,1-2H3,(H,14,15);1H. The maximum atomic E-state index is 3.93. The van der Waals surface area contributed by atoms with Crippen molar-refractivity contribution in [2.75, 3.05) is 13.1 Å². The monoisotopic (exact) mass is 258 g/mol. The number of rotatable bonds is 7. The highest BCUT2D eigenvalue weighted by Crippen LogP contribution is 2.27. The molecule has 0 atom stereocenters. The second-order valence-electron chi connectivity index (χ2n) is 4.82. The molecule has 17 heavy (non-hydrogen) atoms. The minimum atomic E-state index is 0. The Labute approximate surface area is 110 Å². The van der Waals surface area contributed by atoms with E-state index in [-0.39, 0.29) is 12.4 Å². The zero-order valence-electron chi connectivity index (χ0n) is 10.6. The van der Waals surface area contributed by atoms with E-state index < -0.39 is 0 Å². The van der Waals surface area contributed by atoms with Gasteiger partial charge in [0.15, 0.2) is 0 Å². The summed E-state index contributed by atoms with van der Waals surface area (Å²) in [6, 6.07) is 3.53.